The minimum atomic E-state index is -0.980. The third kappa shape index (κ3) is 5.02. The van der Waals surface area contributed by atoms with Gasteiger partial charge in [0.2, 0.25) is 0 Å². The molecule has 0 aliphatic heterocycles. The van der Waals surface area contributed by atoms with Gasteiger partial charge in [-0.25, -0.2) is 27.5 Å². The zero-order valence-corrected chi connectivity index (χ0v) is 16.6. The van der Waals surface area contributed by atoms with Crippen molar-refractivity contribution in [3.05, 3.63) is 108 Å². The van der Waals surface area contributed by atoms with Gasteiger partial charge < -0.3 is 14.0 Å². The lowest BCUT2D eigenvalue weighted by molar-refractivity contribution is 0.0426. The lowest BCUT2D eigenvalue weighted by atomic mass is 10.1. The van der Waals surface area contributed by atoms with Crippen molar-refractivity contribution in [2.24, 2.45) is 5.16 Å². The fraction of sp³-hybridized carbons (Fsp3) is 0.136. The predicted octanol–water partition coefficient (Wildman–Crippen LogP) is 4.50. The molecular weight excluding hydrogens is 426 g/mol. The second-order valence-electron chi connectivity index (χ2n) is 6.92. The van der Waals surface area contributed by atoms with Crippen molar-refractivity contribution in [2.45, 2.75) is 19.2 Å². The Hall–Kier alpha value is -3.95. The number of halogens is 4. The van der Waals surface area contributed by atoms with Crippen molar-refractivity contribution in [1.82, 2.24) is 19.1 Å². The Bertz CT molecular complexity index is 1210. The van der Waals surface area contributed by atoms with E-state index < -0.39 is 29.4 Å². The summed E-state index contributed by atoms with van der Waals surface area (Å²) in [6.07, 6.45) is 8.39. The molecule has 0 saturated carbocycles. The van der Waals surface area contributed by atoms with E-state index in [4.69, 9.17) is 4.84 Å². The molecule has 4 aromatic rings. The van der Waals surface area contributed by atoms with Crippen LogP contribution in [0.15, 0.2) is 79.0 Å². The number of rotatable bonds is 8. The summed E-state index contributed by atoms with van der Waals surface area (Å²) in [5, 5.41) is 4.09. The summed E-state index contributed by atoms with van der Waals surface area (Å²) in [5.41, 5.74) is 0.199. The van der Waals surface area contributed by atoms with Crippen LogP contribution >= 0.6 is 0 Å². The highest BCUT2D eigenvalue weighted by atomic mass is 19.1. The SMILES string of the molecule is Fc1ccc(/C(Cn2ccnc2)=N/OC(Cn2ccnc2)c2ccc(F)cc2F)c(F)c1. The number of imidazole rings is 2. The first-order valence-corrected chi connectivity index (χ1v) is 9.54. The maximum Gasteiger partial charge on any atom is 0.173 e. The fourth-order valence-corrected chi connectivity index (χ4v) is 3.10. The van der Waals surface area contributed by atoms with Crippen LogP contribution in [0.2, 0.25) is 0 Å². The second-order valence-corrected chi connectivity index (χ2v) is 6.92. The average molecular weight is 443 g/mol. The van der Waals surface area contributed by atoms with Gasteiger partial charge in [0, 0.05) is 48.0 Å². The number of hydrogen-bond acceptors (Lipinski definition) is 4. The number of hydrogen-bond donors (Lipinski definition) is 0. The van der Waals surface area contributed by atoms with E-state index in [-0.39, 0.29) is 29.9 Å². The van der Waals surface area contributed by atoms with Crippen LogP contribution in [0, 0.1) is 23.3 Å². The minimum absolute atomic E-state index is 0.0149. The van der Waals surface area contributed by atoms with E-state index in [1.54, 1.807) is 27.7 Å². The zero-order valence-electron chi connectivity index (χ0n) is 16.6. The lowest BCUT2D eigenvalue weighted by Gasteiger charge is -2.18. The molecule has 164 valence electrons. The third-order valence-corrected chi connectivity index (χ3v) is 4.67. The van der Waals surface area contributed by atoms with Gasteiger partial charge in [-0.2, -0.15) is 0 Å². The molecule has 10 heteroatoms. The molecule has 0 radical (unpaired) electrons. The molecule has 1 atom stereocenters. The highest BCUT2D eigenvalue weighted by Gasteiger charge is 2.20. The largest absolute Gasteiger partial charge is 0.385 e. The Morgan fingerprint density at radius 2 is 1.53 bits per heavy atom. The second kappa shape index (κ2) is 9.46. The van der Waals surface area contributed by atoms with Crippen LogP contribution in [-0.2, 0) is 17.9 Å². The summed E-state index contributed by atoms with van der Waals surface area (Å²) >= 11 is 0. The minimum Gasteiger partial charge on any atom is -0.385 e. The van der Waals surface area contributed by atoms with Crippen LogP contribution < -0.4 is 0 Å². The van der Waals surface area contributed by atoms with Gasteiger partial charge in [0.1, 0.15) is 29.0 Å². The fourth-order valence-electron chi connectivity index (χ4n) is 3.10. The molecule has 0 amide bonds. The normalized spacial score (nSPS) is 12.7. The molecule has 0 saturated heterocycles. The number of oxime groups is 1. The summed E-state index contributed by atoms with van der Waals surface area (Å²) in [4.78, 5) is 13.5. The first-order chi connectivity index (χ1) is 15.5. The molecule has 2 aromatic carbocycles. The topological polar surface area (TPSA) is 57.2 Å². The molecule has 2 heterocycles. The summed E-state index contributed by atoms with van der Waals surface area (Å²) in [5.74, 6) is -3.10. The van der Waals surface area contributed by atoms with Gasteiger partial charge in [-0.05, 0) is 24.3 Å². The van der Waals surface area contributed by atoms with Gasteiger partial charge in [0.25, 0.3) is 0 Å². The van der Waals surface area contributed by atoms with Gasteiger partial charge in [0.15, 0.2) is 6.10 Å². The molecule has 0 aliphatic carbocycles. The molecule has 4 rings (SSSR count). The molecule has 0 spiro atoms. The molecule has 0 bridgehead atoms. The molecule has 32 heavy (non-hydrogen) atoms. The van der Waals surface area contributed by atoms with E-state index in [1.807, 2.05) is 0 Å². The van der Waals surface area contributed by atoms with Gasteiger partial charge in [-0.15, -0.1) is 0 Å². The molecule has 0 N–H and O–H groups in total. The van der Waals surface area contributed by atoms with Crippen molar-refractivity contribution < 1.29 is 22.4 Å². The van der Waals surface area contributed by atoms with Crippen molar-refractivity contribution in [3.63, 3.8) is 0 Å². The first-order valence-electron chi connectivity index (χ1n) is 9.54. The molecule has 0 aliphatic rings. The van der Waals surface area contributed by atoms with Crippen molar-refractivity contribution in [3.8, 4) is 0 Å². The van der Waals surface area contributed by atoms with Crippen molar-refractivity contribution in [1.29, 1.82) is 0 Å². The van der Waals surface area contributed by atoms with Crippen LogP contribution in [-0.4, -0.2) is 24.8 Å². The highest BCUT2D eigenvalue weighted by Crippen LogP contribution is 2.25. The quantitative estimate of drug-likeness (QED) is 0.229. The van der Waals surface area contributed by atoms with Crippen molar-refractivity contribution in [2.75, 3.05) is 0 Å². The Morgan fingerprint density at radius 3 is 2.16 bits per heavy atom. The smallest absolute Gasteiger partial charge is 0.173 e. The average Bonchev–Trinajstić information content (AvgIpc) is 3.45. The Balaban J connectivity index is 1.70. The summed E-state index contributed by atoms with van der Waals surface area (Å²) in [6.45, 7) is 0.169. The van der Waals surface area contributed by atoms with Crippen LogP contribution in [0.5, 0.6) is 0 Å². The van der Waals surface area contributed by atoms with E-state index in [1.165, 1.54) is 31.0 Å². The van der Waals surface area contributed by atoms with E-state index in [0.717, 1.165) is 24.3 Å². The van der Waals surface area contributed by atoms with E-state index in [2.05, 4.69) is 15.1 Å². The van der Waals surface area contributed by atoms with E-state index >= 15 is 0 Å². The number of benzene rings is 2. The van der Waals surface area contributed by atoms with Crippen LogP contribution in [0.25, 0.3) is 0 Å². The van der Waals surface area contributed by atoms with Crippen LogP contribution in [0.1, 0.15) is 17.2 Å². The molecule has 6 nitrogen and oxygen atoms in total. The van der Waals surface area contributed by atoms with Gasteiger partial charge >= 0.3 is 0 Å². The summed E-state index contributed by atoms with van der Waals surface area (Å²) in [6, 6.07) is 6.20. The Labute approximate surface area is 180 Å². The first kappa shape index (κ1) is 21.3. The summed E-state index contributed by atoms with van der Waals surface area (Å²) in [7, 11) is 0. The number of nitrogens with zero attached hydrogens (tertiary/aromatic N) is 5. The highest BCUT2D eigenvalue weighted by molar-refractivity contribution is 6.00. The molecule has 1 unspecified atom stereocenters. The maximum atomic E-state index is 14.5. The van der Waals surface area contributed by atoms with Gasteiger partial charge in [-0.1, -0.05) is 5.16 Å². The lowest BCUT2D eigenvalue weighted by Crippen LogP contribution is -2.16. The predicted molar refractivity (Wildman–Crippen MR) is 108 cm³/mol. The standard InChI is InChI=1S/C22H17F4N5O/c23-15-1-3-17(19(25)9-15)21(11-30-7-5-27-13-30)29-32-22(12-31-8-6-28-14-31)18-4-2-16(24)10-20(18)26/h1-10,13-14,22H,11-12H2/b29-21+. The summed E-state index contributed by atoms with van der Waals surface area (Å²) < 4.78 is 59.0. The Morgan fingerprint density at radius 1 is 0.875 bits per heavy atom. The maximum absolute atomic E-state index is 14.5. The van der Waals surface area contributed by atoms with Crippen LogP contribution in [0.3, 0.4) is 0 Å². The molecular formula is C22H17F4N5O. The van der Waals surface area contributed by atoms with E-state index in [0.29, 0.717) is 0 Å². The van der Waals surface area contributed by atoms with Crippen LogP contribution in [0.4, 0.5) is 17.6 Å². The third-order valence-electron chi connectivity index (χ3n) is 4.67. The zero-order chi connectivity index (χ0) is 22.5. The number of aromatic nitrogens is 4. The van der Waals surface area contributed by atoms with Crippen molar-refractivity contribution >= 4 is 5.71 Å². The monoisotopic (exact) mass is 443 g/mol. The molecule has 0 fully saturated rings. The van der Waals surface area contributed by atoms with Gasteiger partial charge in [-0.3, -0.25) is 0 Å². The van der Waals surface area contributed by atoms with E-state index in [9.17, 15) is 17.6 Å². The van der Waals surface area contributed by atoms with Gasteiger partial charge in [0.05, 0.1) is 25.7 Å². The molecule has 2 aromatic heterocycles. The Kier molecular flexibility index (Phi) is 6.29.